The molecule has 2 aromatic rings. The van der Waals surface area contributed by atoms with E-state index in [0.717, 1.165) is 32.7 Å². The van der Waals surface area contributed by atoms with Crippen molar-refractivity contribution in [3.63, 3.8) is 0 Å². The van der Waals surface area contributed by atoms with E-state index in [4.69, 9.17) is 11.6 Å². The number of nitrogens with one attached hydrogen (secondary N) is 4. The first-order valence-electron chi connectivity index (χ1n) is 9.16. The summed E-state index contributed by atoms with van der Waals surface area (Å²) in [5, 5.41) is 0.563. The summed E-state index contributed by atoms with van der Waals surface area (Å²) in [5.74, 6) is -0.536. The van der Waals surface area contributed by atoms with Gasteiger partial charge in [-0.2, -0.15) is 0 Å². The van der Waals surface area contributed by atoms with E-state index in [2.05, 4.69) is 35.1 Å². The highest BCUT2D eigenvalue weighted by Gasteiger charge is 2.24. The molecule has 3 rings (SSSR count). The van der Waals surface area contributed by atoms with Gasteiger partial charge in [-0.25, -0.2) is 0 Å². The molecule has 1 fully saturated rings. The first-order valence-corrected chi connectivity index (χ1v) is 9.54. The number of halogens is 1. The molecule has 0 aliphatic carbocycles. The number of carbonyl (C=O) groups excluding carboxylic acids is 2. The smallest absolute Gasteiger partial charge is 0.293 e. The molecule has 142 valence electrons. The second-order valence-corrected chi connectivity index (χ2v) is 7.28. The van der Waals surface area contributed by atoms with E-state index >= 15 is 0 Å². The quantitative estimate of drug-likeness (QED) is 0.501. The molecule has 1 saturated heterocycles. The van der Waals surface area contributed by atoms with Gasteiger partial charge in [0.2, 0.25) is 0 Å². The Morgan fingerprint density at radius 3 is 2.15 bits per heavy atom. The van der Waals surface area contributed by atoms with Gasteiger partial charge >= 0.3 is 0 Å². The third-order valence-electron chi connectivity index (χ3n) is 4.79. The van der Waals surface area contributed by atoms with E-state index in [1.54, 1.807) is 29.2 Å². The summed E-state index contributed by atoms with van der Waals surface area (Å²) in [6.07, 6.45) is 0. The third kappa shape index (κ3) is 6.06. The van der Waals surface area contributed by atoms with Crippen LogP contribution in [0.15, 0.2) is 54.6 Å². The second-order valence-electron chi connectivity index (χ2n) is 6.85. The number of hydrogen-bond donors (Lipinski definition) is 4. The monoisotopic (exact) mass is 388 g/mol. The summed E-state index contributed by atoms with van der Waals surface area (Å²) >= 11 is 5.80. The van der Waals surface area contributed by atoms with Crippen LogP contribution in [0.4, 0.5) is 0 Å². The Morgan fingerprint density at radius 2 is 1.48 bits per heavy atom. The Kier molecular flexibility index (Phi) is 6.81. The summed E-state index contributed by atoms with van der Waals surface area (Å²) in [6, 6.07) is 17.0. The SMILES string of the molecule is O=C(C[NH+]1CC[NH+](Cc2ccccc2)CC1)NNC(=O)c1ccc(Cl)cc1. The van der Waals surface area contributed by atoms with Crippen molar-refractivity contribution in [2.45, 2.75) is 6.54 Å². The Morgan fingerprint density at radius 1 is 0.852 bits per heavy atom. The Labute approximate surface area is 164 Å². The van der Waals surface area contributed by atoms with Crippen molar-refractivity contribution in [1.29, 1.82) is 0 Å². The van der Waals surface area contributed by atoms with Crippen LogP contribution in [0.1, 0.15) is 15.9 Å². The Bertz CT molecular complexity index is 759. The van der Waals surface area contributed by atoms with Gasteiger partial charge in [0.25, 0.3) is 11.8 Å². The van der Waals surface area contributed by atoms with Crippen molar-refractivity contribution < 1.29 is 19.4 Å². The molecular formula is C20H25ClN4O2+2. The number of quaternary nitrogens is 2. The van der Waals surface area contributed by atoms with Crippen LogP contribution in [-0.2, 0) is 11.3 Å². The van der Waals surface area contributed by atoms with Crippen molar-refractivity contribution in [3.8, 4) is 0 Å². The standard InChI is InChI=1S/C20H23ClN4O2/c21-18-8-6-17(7-9-18)20(27)23-22-19(26)15-25-12-10-24(11-13-25)14-16-4-2-1-3-5-16/h1-9H,10-15H2,(H,22,26)(H,23,27)/p+2. The summed E-state index contributed by atoms with van der Waals surface area (Å²) < 4.78 is 0. The molecule has 0 bridgehead atoms. The first kappa shape index (κ1) is 19.4. The molecule has 1 heterocycles. The van der Waals surface area contributed by atoms with Crippen LogP contribution in [0.5, 0.6) is 0 Å². The van der Waals surface area contributed by atoms with Crippen LogP contribution in [0.25, 0.3) is 0 Å². The van der Waals surface area contributed by atoms with Gasteiger partial charge < -0.3 is 9.80 Å². The van der Waals surface area contributed by atoms with Crippen molar-refractivity contribution in [3.05, 3.63) is 70.7 Å². The Hall–Kier alpha value is -2.41. The fourth-order valence-electron chi connectivity index (χ4n) is 3.27. The second kappa shape index (κ2) is 9.50. The lowest BCUT2D eigenvalue weighted by atomic mass is 10.2. The van der Waals surface area contributed by atoms with Crippen molar-refractivity contribution in [2.75, 3.05) is 32.7 Å². The van der Waals surface area contributed by atoms with Gasteiger partial charge in [0.05, 0.1) is 0 Å². The van der Waals surface area contributed by atoms with E-state index in [1.165, 1.54) is 10.5 Å². The highest BCUT2D eigenvalue weighted by molar-refractivity contribution is 6.30. The molecule has 0 atom stereocenters. The van der Waals surface area contributed by atoms with E-state index < -0.39 is 0 Å². The molecule has 27 heavy (non-hydrogen) atoms. The predicted octanol–water partition coefficient (Wildman–Crippen LogP) is -0.915. The molecule has 0 unspecified atom stereocenters. The van der Waals surface area contributed by atoms with Gasteiger partial charge in [0.1, 0.15) is 32.7 Å². The summed E-state index contributed by atoms with van der Waals surface area (Å²) in [7, 11) is 0. The van der Waals surface area contributed by atoms with Crippen molar-refractivity contribution in [2.24, 2.45) is 0 Å². The molecule has 6 nitrogen and oxygen atoms in total. The molecule has 0 spiro atoms. The van der Waals surface area contributed by atoms with Crippen LogP contribution in [0, 0.1) is 0 Å². The van der Waals surface area contributed by atoms with Crippen LogP contribution < -0.4 is 20.7 Å². The topological polar surface area (TPSA) is 67.1 Å². The van der Waals surface area contributed by atoms with E-state index in [1.807, 2.05) is 6.07 Å². The van der Waals surface area contributed by atoms with Crippen LogP contribution in [0.2, 0.25) is 5.02 Å². The first-order chi connectivity index (χ1) is 13.1. The lowest BCUT2D eigenvalue weighted by molar-refractivity contribution is -1.02. The highest BCUT2D eigenvalue weighted by Crippen LogP contribution is 2.08. The molecule has 2 aromatic carbocycles. The molecular weight excluding hydrogens is 364 g/mol. The number of benzene rings is 2. The molecule has 0 radical (unpaired) electrons. The Balaban J connectivity index is 1.36. The van der Waals surface area contributed by atoms with Crippen molar-refractivity contribution >= 4 is 23.4 Å². The molecule has 0 saturated carbocycles. The fourth-order valence-corrected chi connectivity index (χ4v) is 3.39. The average Bonchev–Trinajstić information content (AvgIpc) is 2.69. The maximum Gasteiger partial charge on any atom is 0.293 e. The summed E-state index contributed by atoms with van der Waals surface area (Å²) in [5.41, 5.74) is 6.74. The van der Waals surface area contributed by atoms with E-state index in [0.29, 0.717) is 17.1 Å². The highest BCUT2D eigenvalue weighted by atomic mass is 35.5. The fraction of sp³-hybridized carbons (Fsp3) is 0.300. The lowest BCUT2D eigenvalue weighted by Gasteiger charge is -2.29. The van der Waals surface area contributed by atoms with E-state index in [-0.39, 0.29) is 11.8 Å². The molecule has 1 aliphatic rings. The average molecular weight is 389 g/mol. The third-order valence-corrected chi connectivity index (χ3v) is 5.05. The van der Waals surface area contributed by atoms with Crippen LogP contribution >= 0.6 is 11.6 Å². The molecule has 1 aliphatic heterocycles. The van der Waals surface area contributed by atoms with E-state index in [9.17, 15) is 9.59 Å². The normalized spacial score (nSPS) is 19.3. The van der Waals surface area contributed by atoms with Gasteiger partial charge in [-0.3, -0.25) is 20.4 Å². The maximum absolute atomic E-state index is 12.1. The maximum atomic E-state index is 12.1. The zero-order valence-corrected chi connectivity index (χ0v) is 15.9. The summed E-state index contributed by atoms with van der Waals surface area (Å²) in [4.78, 5) is 26.9. The number of hydrazine groups is 1. The van der Waals surface area contributed by atoms with Crippen LogP contribution in [-0.4, -0.2) is 44.5 Å². The molecule has 4 N–H and O–H groups in total. The zero-order valence-electron chi connectivity index (χ0n) is 15.1. The minimum absolute atomic E-state index is 0.182. The number of piperazine rings is 1. The number of rotatable bonds is 5. The minimum atomic E-state index is -0.354. The molecule has 2 amide bonds. The predicted molar refractivity (Wildman–Crippen MR) is 103 cm³/mol. The summed E-state index contributed by atoms with van der Waals surface area (Å²) in [6.45, 7) is 5.35. The number of amides is 2. The van der Waals surface area contributed by atoms with Gasteiger partial charge in [-0.05, 0) is 24.3 Å². The van der Waals surface area contributed by atoms with Gasteiger partial charge in [-0.1, -0.05) is 41.9 Å². The van der Waals surface area contributed by atoms with Crippen molar-refractivity contribution in [1.82, 2.24) is 10.9 Å². The van der Waals surface area contributed by atoms with Crippen LogP contribution in [0.3, 0.4) is 0 Å². The number of hydrogen-bond acceptors (Lipinski definition) is 2. The largest absolute Gasteiger partial charge is 0.322 e. The van der Waals surface area contributed by atoms with Gasteiger partial charge in [-0.15, -0.1) is 0 Å². The minimum Gasteiger partial charge on any atom is -0.322 e. The molecule has 7 heteroatoms. The lowest BCUT2D eigenvalue weighted by Crippen LogP contribution is -3.28. The number of carbonyl (C=O) groups is 2. The van der Waals surface area contributed by atoms with Gasteiger partial charge in [0, 0.05) is 16.1 Å². The van der Waals surface area contributed by atoms with Gasteiger partial charge in [0.15, 0.2) is 6.54 Å². The zero-order chi connectivity index (χ0) is 19.1. The molecule has 0 aromatic heterocycles.